The quantitative estimate of drug-likeness (QED) is 0.370. The van der Waals surface area contributed by atoms with Crippen LogP contribution in [0.25, 0.3) is 10.9 Å². The van der Waals surface area contributed by atoms with Gasteiger partial charge in [-0.1, -0.05) is 34.9 Å². The minimum absolute atomic E-state index is 0.0189. The second-order valence-electron chi connectivity index (χ2n) is 4.27. The fourth-order valence-electron chi connectivity index (χ4n) is 1.35. The Morgan fingerprint density at radius 2 is 1.42 bits per heavy atom. The van der Waals surface area contributed by atoms with Crippen molar-refractivity contribution < 1.29 is 30.8 Å². The highest BCUT2D eigenvalue weighted by atomic mass is 32.2. The fraction of sp³-hybridized carbons (Fsp3) is 0.333. The number of hydrogen-bond acceptors (Lipinski definition) is 8. The number of aromatic nitrogens is 4. The second-order valence-corrected chi connectivity index (χ2v) is 7.64. The minimum atomic E-state index is -2.36. The van der Waals surface area contributed by atoms with Crippen molar-refractivity contribution in [3.05, 3.63) is 23.8 Å². The van der Waals surface area contributed by atoms with E-state index in [9.17, 15) is 26.3 Å². The van der Waals surface area contributed by atoms with E-state index in [1.54, 1.807) is 0 Å². The number of allylic oxidation sites excluding steroid dienone is 2. The van der Waals surface area contributed by atoms with Crippen LogP contribution in [0.2, 0.25) is 0 Å². The molecule has 0 aliphatic heterocycles. The van der Waals surface area contributed by atoms with E-state index < -0.39 is 36.7 Å². The SMILES string of the molecule is FC(F)=C(F)CCSc1nnc(-c2nnc(SCCC(F)=C(F)F)s2)o1. The summed E-state index contributed by atoms with van der Waals surface area (Å²) in [7, 11) is 0. The fourth-order valence-corrected chi connectivity index (χ4v) is 3.82. The van der Waals surface area contributed by atoms with E-state index in [-0.39, 0.29) is 27.6 Å². The highest BCUT2D eigenvalue weighted by Crippen LogP contribution is 2.31. The van der Waals surface area contributed by atoms with Gasteiger partial charge in [-0.05, 0) is 0 Å². The van der Waals surface area contributed by atoms with E-state index in [1.165, 1.54) is 0 Å². The average Bonchev–Trinajstić information content (AvgIpc) is 3.23. The predicted molar refractivity (Wildman–Crippen MR) is 84.6 cm³/mol. The second kappa shape index (κ2) is 9.97. The Balaban J connectivity index is 1.86. The van der Waals surface area contributed by atoms with Gasteiger partial charge in [0.15, 0.2) is 16.0 Å². The molecule has 0 spiro atoms. The third-order valence-corrected chi connectivity index (χ3v) is 5.37. The van der Waals surface area contributed by atoms with Crippen molar-refractivity contribution in [1.29, 1.82) is 0 Å². The summed E-state index contributed by atoms with van der Waals surface area (Å²) in [5, 5.41) is 15.2. The van der Waals surface area contributed by atoms with E-state index in [2.05, 4.69) is 20.4 Å². The van der Waals surface area contributed by atoms with E-state index in [1.807, 2.05) is 0 Å². The molecule has 0 bridgehead atoms. The van der Waals surface area contributed by atoms with Crippen LogP contribution in [0.3, 0.4) is 0 Å². The van der Waals surface area contributed by atoms with Gasteiger partial charge in [-0.3, -0.25) is 0 Å². The lowest BCUT2D eigenvalue weighted by Crippen LogP contribution is -1.82. The molecule has 0 amide bonds. The summed E-state index contributed by atoms with van der Waals surface area (Å²) in [4.78, 5) is 0. The Hall–Kier alpha value is -1.54. The largest absolute Gasteiger partial charge is 0.409 e. The number of rotatable bonds is 9. The molecule has 2 aromatic heterocycles. The number of nitrogens with zero attached hydrogens (tertiary/aromatic N) is 4. The molecule has 0 radical (unpaired) electrons. The molecule has 0 unspecified atom stereocenters. The topological polar surface area (TPSA) is 64.7 Å². The average molecular weight is 434 g/mol. The zero-order valence-corrected chi connectivity index (χ0v) is 15.0. The Labute approximate surface area is 155 Å². The first kappa shape index (κ1) is 20.8. The van der Waals surface area contributed by atoms with Gasteiger partial charge < -0.3 is 4.42 Å². The van der Waals surface area contributed by atoms with Crippen LogP contribution in [-0.4, -0.2) is 31.9 Å². The van der Waals surface area contributed by atoms with Crippen LogP contribution in [0.5, 0.6) is 0 Å². The van der Waals surface area contributed by atoms with E-state index in [0.29, 0.717) is 4.34 Å². The summed E-state index contributed by atoms with van der Waals surface area (Å²) < 4.78 is 78.7. The summed E-state index contributed by atoms with van der Waals surface area (Å²) in [6, 6.07) is 0. The van der Waals surface area contributed by atoms with Crippen molar-refractivity contribution in [2.24, 2.45) is 0 Å². The zero-order chi connectivity index (χ0) is 19.1. The first-order valence-corrected chi connectivity index (χ1v) is 9.48. The normalized spacial score (nSPS) is 10.8. The first-order chi connectivity index (χ1) is 12.4. The standard InChI is InChI=1S/C12H8F6N4OS3/c13-5(7(15)16)1-3-24-11-21-19-9(23-11)10-20-22-12(26-10)25-4-2-6(14)8(17)18/h1-4H2. The van der Waals surface area contributed by atoms with Crippen LogP contribution >= 0.6 is 34.9 Å². The molecule has 5 nitrogen and oxygen atoms in total. The Morgan fingerprint density at radius 1 is 0.808 bits per heavy atom. The maximum Gasteiger partial charge on any atom is 0.301 e. The van der Waals surface area contributed by atoms with E-state index in [4.69, 9.17) is 4.42 Å². The highest BCUT2D eigenvalue weighted by Gasteiger charge is 2.16. The maximum atomic E-state index is 12.7. The van der Waals surface area contributed by atoms with Crippen molar-refractivity contribution >= 4 is 34.9 Å². The van der Waals surface area contributed by atoms with Crippen LogP contribution in [-0.2, 0) is 0 Å². The van der Waals surface area contributed by atoms with Gasteiger partial charge in [0, 0.05) is 24.3 Å². The van der Waals surface area contributed by atoms with Crippen LogP contribution < -0.4 is 0 Å². The Bertz CT molecular complexity index is 734. The number of thioether (sulfide) groups is 2. The van der Waals surface area contributed by atoms with Gasteiger partial charge >= 0.3 is 12.2 Å². The monoisotopic (exact) mass is 434 g/mol. The molecule has 142 valence electrons. The number of halogens is 6. The first-order valence-electron chi connectivity index (χ1n) is 6.69. The molecule has 0 aliphatic rings. The molecule has 0 saturated heterocycles. The summed E-state index contributed by atoms with van der Waals surface area (Å²) in [6.07, 6.45) is -5.62. The predicted octanol–water partition coefficient (Wildman–Crippen LogP) is 5.71. The Morgan fingerprint density at radius 3 is 2.04 bits per heavy atom. The van der Waals surface area contributed by atoms with Crippen LogP contribution in [0.1, 0.15) is 12.8 Å². The van der Waals surface area contributed by atoms with Gasteiger partial charge in [-0.15, -0.1) is 20.4 Å². The van der Waals surface area contributed by atoms with Crippen LogP contribution in [0.15, 0.2) is 37.8 Å². The van der Waals surface area contributed by atoms with Gasteiger partial charge in [0.1, 0.15) is 0 Å². The van der Waals surface area contributed by atoms with E-state index in [0.717, 1.165) is 34.9 Å². The summed E-state index contributed by atoms with van der Waals surface area (Å²) in [5.74, 6) is -2.92. The smallest absolute Gasteiger partial charge is 0.301 e. The molecule has 0 N–H and O–H groups in total. The molecular formula is C12H8F6N4OS3. The van der Waals surface area contributed by atoms with Gasteiger partial charge in [-0.2, -0.15) is 17.6 Å². The molecule has 2 rings (SSSR count). The summed E-state index contributed by atoms with van der Waals surface area (Å²) >= 11 is 2.96. The Kier molecular flexibility index (Phi) is 7.96. The van der Waals surface area contributed by atoms with Crippen LogP contribution in [0.4, 0.5) is 26.3 Å². The van der Waals surface area contributed by atoms with Crippen molar-refractivity contribution in [2.75, 3.05) is 11.5 Å². The maximum absolute atomic E-state index is 12.7. The minimum Gasteiger partial charge on any atom is -0.409 e. The third kappa shape index (κ3) is 6.32. The molecular weight excluding hydrogens is 426 g/mol. The van der Waals surface area contributed by atoms with Gasteiger partial charge in [0.25, 0.3) is 11.1 Å². The van der Waals surface area contributed by atoms with Gasteiger partial charge in [0.2, 0.25) is 5.01 Å². The molecule has 0 atom stereocenters. The van der Waals surface area contributed by atoms with Crippen molar-refractivity contribution in [1.82, 2.24) is 20.4 Å². The summed E-state index contributed by atoms with van der Waals surface area (Å²) in [6.45, 7) is 0. The van der Waals surface area contributed by atoms with Crippen molar-refractivity contribution in [3.8, 4) is 10.9 Å². The molecule has 0 saturated carbocycles. The molecule has 26 heavy (non-hydrogen) atoms. The van der Waals surface area contributed by atoms with Gasteiger partial charge in [-0.25, -0.2) is 8.78 Å². The molecule has 0 fully saturated rings. The lowest BCUT2D eigenvalue weighted by atomic mass is 10.4. The lowest BCUT2D eigenvalue weighted by Gasteiger charge is -1.94. The number of hydrogen-bond donors (Lipinski definition) is 0. The molecule has 0 aliphatic carbocycles. The van der Waals surface area contributed by atoms with Crippen LogP contribution in [0, 0.1) is 0 Å². The molecule has 0 aromatic carbocycles. The molecule has 2 heterocycles. The summed E-state index contributed by atoms with van der Waals surface area (Å²) in [5.41, 5.74) is 0. The van der Waals surface area contributed by atoms with E-state index >= 15 is 0 Å². The molecule has 14 heteroatoms. The van der Waals surface area contributed by atoms with Gasteiger partial charge in [0.05, 0.1) is 0 Å². The van der Waals surface area contributed by atoms with Crippen molar-refractivity contribution in [2.45, 2.75) is 22.4 Å². The third-order valence-electron chi connectivity index (χ3n) is 2.50. The lowest BCUT2D eigenvalue weighted by molar-refractivity contribution is 0.373. The zero-order valence-electron chi connectivity index (χ0n) is 12.5. The molecule has 2 aromatic rings. The van der Waals surface area contributed by atoms with Crippen molar-refractivity contribution in [3.63, 3.8) is 0 Å². The highest BCUT2D eigenvalue weighted by molar-refractivity contribution is 8.01.